The Morgan fingerprint density at radius 3 is 2.31 bits per heavy atom. The van der Waals surface area contributed by atoms with Crippen molar-refractivity contribution in [1.29, 1.82) is 0 Å². The number of hydrogen-bond acceptors (Lipinski definition) is 7. The van der Waals surface area contributed by atoms with Crippen LogP contribution < -0.4 is 19.5 Å². The molecule has 1 aliphatic rings. The van der Waals surface area contributed by atoms with Crippen LogP contribution in [0, 0.1) is 5.92 Å². The maximum absolute atomic E-state index is 12.6. The topological polar surface area (TPSA) is 94.2 Å². The Kier molecular flexibility index (Phi) is 7.95. The highest BCUT2D eigenvalue weighted by Gasteiger charge is 2.34. The fraction of sp³-hybridized carbons (Fsp3) is 0.450. The second kappa shape index (κ2) is 10.2. The molecule has 1 saturated heterocycles. The lowest BCUT2D eigenvalue weighted by atomic mass is 10.1. The molecule has 0 aliphatic carbocycles. The van der Waals surface area contributed by atoms with Crippen molar-refractivity contribution in [2.75, 3.05) is 34.4 Å². The summed E-state index contributed by atoms with van der Waals surface area (Å²) >= 11 is 0.856. The van der Waals surface area contributed by atoms with Crippen LogP contribution in [0.3, 0.4) is 0 Å². The molecule has 1 N–H and O–H groups in total. The Hall–Kier alpha value is -2.68. The summed E-state index contributed by atoms with van der Waals surface area (Å²) in [5.41, 5.74) is 0.634. The number of carbonyl (C=O) groups is 3. The molecule has 1 fully saturated rings. The van der Waals surface area contributed by atoms with Crippen LogP contribution in [0.25, 0.3) is 6.08 Å². The van der Waals surface area contributed by atoms with Gasteiger partial charge in [0.15, 0.2) is 11.5 Å². The number of imide groups is 1. The minimum absolute atomic E-state index is 0.0903. The van der Waals surface area contributed by atoms with Gasteiger partial charge in [-0.3, -0.25) is 19.3 Å². The zero-order valence-corrected chi connectivity index (χ0v) is 18.1. The van der Waals surface area contributed by atoms with Crippen LogP contribution in [-0.4, -0.2) is 56.4 Å². The van der Waals surface area contributed by atoms with Crippen molar-refractivity contribution in [2.45, 2.75) is 20.3 Å². The minimum atomic E-state index is -0.397. The van der Waals surface area contributed by atoms with E-state index >= 15 is 0 Å². The van der Waals surface area contributed by atoms with Gasteiger partial charge in [-0.1, -0.05) is 13.8 Å². The maximum Gasteiger partial charge on any atom is 0.293 e. The maximum atomic E-state index is 12.6. The molecule has 0 bridgehead atoms. The standard InChI is InChI=1S/C20H26N2O6S/c1-6-12(2)18(23)21-7-8-22-19(24)16(29-20(22)25)11-13-9-14(26-3)17(28-5)15(10-13)27-4/h9-12H,6-8H2,1-5H3,(H,21,23)/b16-11+. The first kappa shape index (κ1) is 22.6. The lowest BCUT2D eigenvalue weighted by Crippen LogP contribution is -2.38. The molecule has 158 valence electrons. The van der Waals surface area contributed by atoms with E-state index in [0.29, 0.717) is 22.8 Å². The van der Waals surface area contributed by atoms with Crippen LogP contribution in [0.4, 0.5) is 4.79 Å². The first-order valence-electron chi connectivity index (χ1n) is 9.19. The van der Waals surface area contributed by atoms with Crippen molar-refractivity contribution in [3.8, 4) is 17.2 Å². The van der Waals surface area contributed by atoms with Gasteiger partial charge in [0.05, 0.1) is 26.2 Å². The van der Waals surface area contributed by atoms with Gasteiger partial charge in [-0.05, 0) is 42.0 Å². The monoisotopic (exact) mass is 422 g/mol. The van der Waals surface area contributed by atoms with Crippen LogP contribution in [0.15, 0.2) is 17.0 Å². The normalized spacial score (nSPS) is 16.2. The van der Waals surface area contributed by atoms with E-state index in [1.165, 1.54) is 21.3 Å². The van der Waals surface area contributed by atoms with Crippen molar-refractivity contribution >= 4 is 34.9 Å². The smallest absolute Gasteiger partial charge is 0.293 e. The second-order valence-corrected chi connectivity index (χ2v) is 7.39. The molecule has 8 nitrogen and oxygen atoms in total. The first-order valence-corrected chi connectivity index (χ1v) is 10.0. The highest BCUT2D eigenvalue weighted by atomic mass is 32.2. The van der Waals surface area contributed by atoms with Crippen molar-refractivity contribution in [2.24, 2.45) is 5.92 Å². The molecule has 3 amide bonds. The third-order valence-corrected chi connectivity index (χ3v) is 5.46. The first-order chi connectivity index (χ1) is 13.9. The van der Waals surface area contributed by atoms with E-state index in [1.807, 2.05) is 13.8 Å². The average Bonchev–Trinajstić information content (AvgIpc) is 2.99. The van der Waals surface area contributed by atoms with Crippen molar-refractivity contribution in [1.82, 2.24) is 10.2 Å². The Bertz CT molecular complexity index is 798. The number of benzene rings is 1. The van der Waals surface area contributed by atoms with Crippen LogP contribution in [0.5, 0.6) is 17.2 Å². The highest BCUT2D eigenvalue weighted by molar-refractivity contribution is 8.18. The second-order valence-electron chi connectivity index (χ2n) is 6.39. The number of hydrogen-bond donors (Lipinski definition) is 1. The summed E-state index contributed by atoms with van der Waals surface area (Å²) in [6, 6.07) is 3.39. The third-order valence-electron chi connectivity index (χ3n) is 4.55. The number of nitrogens with zero attached hydrogens (tertiary/aromatic N) is 1. The molecule has 29 heavy (non-hydrogen) atoms. The summed E-state index contributed by atoms with van der Waals surface area (Å²) in [7, 11) is 4.51. The summed E-state index contributed by atoms with van der Waals surface area (Å²) in [6.45, 7) is 4.10. The zero-order chi connectivity index (χ0) is 21.6. The van der Waals surface area contributed by atoms with Crippen LogP contribution in [-0.2, 0) is 9.59 Å². The zero-order valence-electron chi connectivity index (χ0n) is 17.2. The molecule has 0 spiro atoms. The fourth-order valence-corrected chi connectivity index (χ4v) is 3.54. The van der Waals surface area contributed by atoms with E-state index in [-0.39, 0.29) is 35.1 Å². The Balaban J connectivity index is 2.14. The Morgan fingerprint density at radius 1 is 1.17 bits per heavy atom. The average molecular weight is 423 g/mol. The summed E-state index contributed by atoms with van der Waals surface area (Å²) in [4.78, 5) is 38.1. The number of carbonyl (C=O) groups excluding carboxylic acids is 3. The summed E-state index contributed by atoms with van der Waals surface area (Å²) in [6.07, 6.45) is 2.33. The lowest BCUT2D eigenvalue weighted by Gasteiger charge is -2.14. The molecule has 0 saturated carbocycles. The van der Waals surface area contributed by atoms with Gasteiger partial charge in [-0.2, -0.15) is 0 Å². The van der Waals surface area contributed by atoms with Gasteiger partial charge in [0.1, 0.15) is 0 Å². The molecule has 2 rings (SSSR count). The summed E-state index contributed by atoms with van der Waals surface area (Å²) < 4.78 is 15.9. The van der Waals surface area contributed by atoms with Gasteiger partial charge in [0, 0.05) is 19.0 Å². The van der Waals surface area contributed by atoms with E-state index in [2.05, 4.69) is 5.32 Å². The largest absolute Gasteiger partial charge is 0.493 e. The number of rotatable bonds is 9. The molecule has 1 aromatic rings. The highest BCUT2D eigenvalue weighted by Crippen LogP contribution is 2.40. The summed E-state index contributed by atoms with van der Waals surface area (Å²) in [5.74, 6) is 0.747. The molecule has 1 aromatic carbocycles. The van der Waals surface area contributed by atoms with Gasteiger partial charge in [0.25, 0.3) is 11.1 Å². The Labute approximate surface area is 174 Å². The molecule has 1 aliphatic heterocycles. The van der Waals surface area contributed by atoms with Gasteiger partial charge in [0.2, 0.25) is 11.7 Å². The number of nitrogens with one attached hydrogen (secondary N) is 1. The molecule has 1 atom stereocenters. The number of thioether (sulfide) groups is 1. The molecule has 1 heterocycles. The fourth-order valence-electron chi connectivity index (χ4n) is 2.68. The van der Waals surface area contributed by atoms with Crippen LogP contribution in [0.2, 0.25) is 0 Å². The molecule has 9 heteroatoms. The molecule has 1 unspecified atom stereocenters. The van der Waals surface area contributed by atoms with E-state index in [4.69, 9.17) is 14.2 Å². The van der Waals surface area contributed by atoms with E-state index in [1.54, 1.807) is 18.2 Å². The Morgan fingerprint density at radius 2 is 1.79 bits per heavy atom. The third kappa shape index (κ3) is 5.23. The molecule has 0 radical (unpaired) electrons. The quantitative estimate of drug-likeness (QED) is 0.612. The predicted octanol–water partition coefficient (Wildman–Crippen LogP) is 2.91. The number of amides is 3. The van der Waals surface area contributed by atoms with E-state index in [0.717, 1.165) is 23.1 Å². The SMILES string of the molecule is CCC(C)C(=O)NCCN1C(=O)S/C(=C/c2cc(OC)c(OC)c(OC)c2)C1=O. The van der Waals surface area contributed by atoms with Gasteiger partial charge in [-0.15, -0.1) is 0 Å². The van der Waals surface area contributed by atoms with Gasteiger partial charge in [-0.25, -0.2) is 0 Å². The molecule has 0 aromatic heterocycles. The van der Waals surface area contributed by atoms with Crippen LogP contribution in [0.1, 0.15) is 25.8 Å². The lowest BCUT2D eigenvalue weighted by molar-refractivity contribution is -0.126. The number of ether oxygens (including phenoxy) is 3. The van der Waals surface area contributed by atoms with Crippen molar-refractivity contribution in [3.63, 3.8) is 0 Å². The van der Waals surface area contributed by atoms with E-state index < -0.39 is 5.91 Å². The molecular weight excluding hydrogens is 396 g/mol. The van der Waals surface area contributed by atoms with Crippen molar-refractivity contribution < 1.29 is 28.6 Å². The number of methoxy groups -OCH3 is 3. The van der Waals surface area contributed by atoms with Crippen LogP contribution >= 0.6 is 11.8 Å². The molecular formula is C20H26N2O6S. The van der Waals surface area contributed by atoms with E-state index in [9.17, 15) is 14.4 Å². The summed E-state index contributed by atoms with van der Waals surface area (Å²) in [5, 5.41) is 2.38. The van der Waals surface area contributed by atoms with Gasteiger partial charge >= 0.3 is 0 Å². The van der Waals surface area contributed by atoms with Crippen molar-refractivity contribution in [3.05, 3.63) is 22.6 Å². The predicted molar refractivity (Wildman–Crippen MR) is 111 cm³/mol. The van der Waals surface area contributed by atoms with Gasteiger partial charge < -0.3 is 19.5 Å². The minimum Gasteiger partial charge on any atom is -0.493 e.